The van der Waals surface area contributed by atoms with E-state index in [1.165, 1.54) is 87.2 Å². The van der Waals surface area contributed by atoms with Crippen LogP contribution in [-0.2, 0) is 15.1 Å². The quantitative estimate of drug-likeness (QED) is 0.0240. The molecule has 2 N–H and O–H groups in total. The van der Waals surface area contributed by atoms with E-state index in [1.807, 2.05) is 15.2 Å². The second-order valence-corrected chi connectivity index (χ2v) is 31.8. The third-order valence-corrected chi connectivity index (χ3v) is 20.8. The molecule has 7 aliphatic rings. The Morgan fingerprint density at radius 1 is 0.453 bits per heavy atom. The van der Waals surface area contributed by atoms with Gasteiger partial charge in [0, 0.05) is 91.4 Å². The van der Waals surface area contributed by atoms with E-state index in [-0.39, 0.29) is 141 Å². The second kappa shape index (κ2) is 46.3. The number of Topliss-reactive ketones (excluding diaryl/α,β-unsaturated/α-hetero) is 1. The van der Waals surface area contributed by atoms with Gasteiger partial charge in [0.15, 0.2) is 12.1 Å². The van der Waals surface area contributed by atoms with Crippen molar-refractivity contribution in [2.75, 3.05) is 31.8 Å². The number of ether oxygens (including phenoxy) is 2. The van der Waals surface area contributed by atoms with Gasteiger partial charge in [0.1, 0.15) is 75.2 Å². The van der Waals surface area contributed by atoms with Crippen molar-refractivity contribution in [2.24, 2.45) is 0 Å². The summed E-state index contributed by atoms with van der Waals surface area (Å²) >= 11 is 9.53. The van der Waals surface area contributed by atoms with Crippen LogP contribution in [0.25, 0.3) is 118 Å². The largest absolute Gasteiger partial charge is 2.00 e. The average molecular weight is 1940 g/mol. The monoisotopic (exact) mass is 1930 g/mol. The van der Waals surface area contributed by atoms with E-state index in [2.05, 4.69) is 96.2 Å². The Hall–Kier alpha value is -9.51. The Labute approximate surface area is 799 Å². The van der Waals surface area contributed by atoms with Crippen molar-refractivity contribution >= 4 is 143 Å². The summed E-state index contributed by atoms with van der Waals surface area (Å²) in [4.78, 5) is 45.5. The number of halogens is 9. The van der Waals surface area contributed by atoms with Crippen LogP contribution in [0.4, 0.5) is 22.0 Å². The normalized spacial score (nSPS) is 14.8. The van der Waals surface area contributed by atoms with Gasteiger partial charge in [-0.2, -0.15) is 40.8 Å². The maximum Gasteiger partial charge on any atom is 2.00 e. The molecule has 1 unspecified atom stereocenters. The van der Waals surface area contributed by atoms with Crippen LogP contribution in [0.3, 0.4) is 0 Å². The van der Waals surface area contributed by atoms with E-state index in [4.69, 9.17) is 32.7 Å². The number of ketones is 1. The molecule has 22 rings (SSSR count). The molecule has 0 amide bonds. The maximum absolute atomic E-state index is 13.6. The minimum Gasteiger partial charge on any atom is -1.00 e. The molecule has 37 heteroatoms. The minimum atomic E-state index is -1.08. The summed E-state index contributed by atoms with van der Waals surface area (Å²) in [6, 6.07) is 33.7. The van der Waals surface area contributed by atoms with Gasteiger partial charge in [0.2, 0.25) is 0 Å². The molecule has 12 heterocycles. The molecule has 7 fully saturated rings. The van der Waals surface area contributed by atoms with E-state index in [1.54, 1.807) is 118 Å². The molecular formula is C91H93Br2Cl2F5Mg2N20O6. The zero-order chi connectivity index (χ0) is 85.3. The summed E-state index contributed by atoms with van der Waals surface area (Å²) in [5.74, 6) is 2.25. The number of fused-ring (bicyclic) bond motifs is 5. The molecule has 0 spiro atoms. The molecule has 26 nitrogen and oxygen atoms in total. The number of rotatable bonds is 15. The summed E-state index contributed by atoms with van der Waals surface area (Å²) in [5.41, 5.74) is 12.8. The summed E-state index contributed by atoms with van der Waals surface area (Å²) in [5, 5.41) is 59.1. The Kier molecular flexibility index (Phi) is 37.0. The van der Waals surface area contributed by atoms with Crippen molar-refractivity contribution in [3.63, 3.8) is 0 Å². The topological polar surface area (TPSA) is 311 Å². The maximum atomic E-state index is 13.6. The fraction of sp³-hybridized carbons (Fsp3) is 0.330. The number of alkyl halides is 2. The first-order valence-corrected chi connectivity index (χ1v) is 41.5. The SMILES string of the molecule is C1CCOC1.C1CCOC1.C=Cc1cc(-c2nc3ccc(F)cc3n2C2CC2)cnn1.CC(=O)c1cc(-c2nc3ccc(F)cc3n2C2CC2)cnn1.CC(C)(O)c1cc(-c2nc3ccc(F)cc3n2C2CC2)cnn1.CC(O)c1cc(-c2nc3ccc(F)cc3n2C2CC2)cnn1.ClCCl.O=Cc1cc(-c2nc3ccc(F)cc3n2C2CC2)cnn1.[Br-].[Br-].[CH3-].[CH3-].[Mg+2].[Mg+2]. The summed E-state index contributed by atoms with van der Waals surface area (Å²) in [7, 11) is 0. The number of imidazole rings is 5. The Balaban J connectivity index is 0.000000172. The number of hydrogen-bond acceptors (Lipinski definition) is 21. The Bertz CT molecular complexity index is 6140. The van der Waals surface area contributed by atoms with Crippen molar-refractivity contribution in [1.82, 2.24) is 98.7 Å². The smallest absolute Gasteiger partial charge is 1.00 e. The van der Waals surface area contributed by atoms with Gasteiger partial charge in [-0.1, -0.05) is 6.58 Å². The number of carbonyl (C=O) groups excluding carboxylic acids is 2. The molecule has 128 heavy (non-hydrogen) atoms. The van der Waals surface area contributed by atoms with Crippen LogP contribution in [0.15, 0.2) is 159 Å². The third kappa shape index (κ3) is 25.2. The number of aliphatic hydroxyl groups excluding tert-OH is 1. The fourth-order valence-corrected chi connectivity index (χ4v) is 14.2. The molecule has 2 saturated heterocycles. The first kappa shape index (κ1) is 102. The van der Waals surface area contributed by atoms with E-state index < -0.39 is 11.7 Å². The predicted molar refractivity (Wildman–Crippen MR) is 477 cm³/mol. The van der Waals surface area contributed by atoms with Crippen molar-refractivity contribution in [3.05, 3.63) is 231 Å². The molecule has 10 aromatic heterocycles. The fourth-order valence-electron chi connectivity index (χ4n) is 14.2. The van der Waals surface area contributed by atoms with Crippen LogP contribution in [0.2, 0.25) is 0 Å². The zero-order valence-corrected chi connectivity index (χ0v) is 79.0. The molecule has 1 atom stereocenters. The first-order chi connectivity index (χ1) is 59.1. The van der Waals surface area contributed by atoms with Crippen molar-refractivity contribution in [3.8, 4) is 56.9 Å². The van der Waals surface area contributed by atoms with Crippen LogP contribution < -0.4 is 34.0 Å². The summed E-state index contributed by atoms with van der Waals surface area (Å²) < 4.78 is 88.1. The Morgan fingerprint density at radius 2 is 0.727 bits per heavy atom. The van der Waals surface area contributed by atoms with Crippen LogP contribution in [0.5, 0.6) is 0 Å². The standard InChI is InChI=1S/C17H17FN4O.C16H15FN4O.C16H13FN4O.C16H13FN4.C15H11FN4O.2C4H8O.CH2Cl2.2CH3.2BrH.2Mg/c1-17(2,23)15-7-10(9-19-21-15)16-20-13-6-3-11(18)8-14(13)22(16)12-4-5-12;2*1-9(22)14-6-10(8-18-20-14)16-19-13-5-2-11(17)7-15(13)21(16)12-3-4-12;1-2-12-7-10(9-18-20-12)16-19-14-6-3-11(17)8-15(14)21(16)13-4-5-13;16-10-1-4-13-14(6-10)20(12-2-3-12)15(18-13)9-5-11(8-21)19-17-7-9;2*1-2-4-5-3-1;2-1-3;;;;;;/h3,6-9,12,23H,4-5H2,1-2H3;2,5-9,12,22H,3-4H2,1H3;2,5-8,12H,3-4H2,1H3;2-3,6-9,13H,1,4-5H2;1,4-8,12H,2-3H2;2*1-4H2;1H2;2*1H3;2*1H;;/q;;;;;;;;2*-1;;;2*+2/p-2. The Morgan fingerprint density at radius 3 is 1.00 bits per heavy atom. The molecule has 5 aliphatic carbocycles. The van der Waals surface area contributed by atoms with Crippen LogP contribution in [0, 0.1) is 43.9 Å². The van der Waals surface area contributed by atoms with E-state index >= 15 is 0 Å². The van der Waals surface area contributed by atoms with Gasteiger partial charge in [0.05, 0.1) is 115 Å². The molecule has 15 aromatic rings. The molecule has 0 radical (unpaired) electrons. The minimum absolute atomic E-state index is 0. The number of hydrogen-bond donors (Lipinski definition) is 2. The third-order valence-electron chi connectivity index (χ3n) is 20.8. The molecule has 2 aliphatic heterocycles. The molecule has 660 valence electrons. The molecule has 0 bridgehead atoms. The van der Waals surface area contributed by atoms with Gasteiger partial charge >= 0.3 is 46.1 Å². The summed E-state index contributed by atoms with van der Waals surface area (Å²) in [6.45, 7) is 14.1. The van der Waals surface area contributed by atoms with E-state index in [9.17, 15) is 41.8 Å². The van der Waals surface area contributed by atoms with Crippen molar-refractivity contribution in [2.45, 2.75) is 160 Å². The number of nitrogens with zero attached hydrogens (tertiary/aromatic N) is 20. The predicted octanol–water partition coefficient (Wildman–Crippen LogP) is 12.9. The number of aliphatic hydroxyl groups is 2. The number of aromatic nitrogens is 20. The second-order valence-electron chi connectivity index (χ2n) is 31.0. The zero-order valence-electron chi connectivity index (χ0n) is 71.5. The average Bonchev–Trinajstić information content (AvgIpc) is 1.63. The summed E-state index contributed by atoms with van der Waals surface area (Å²) in [6.07, 6.45) is 25.5. The molecule has 5 saturated carbocycles. The van der Waals surface area contributed by atoms with Gasteiger partial charge in [-0.3, -0.25) is 9.59 Å². The molecule has 5 aromatic carbocycles. The van der Waals surface area contributed by atoms with Crippen molar-refractivity contribution < 1.29 is 85.2 Å². The first-order valence-electron chi connectivity index (χ1n) is 40.4. The van der Waals surface area contributed by atoms with E-state index in [0.717, 1.165) is 191 Å². The van der Waals surface area contributed by atoms with Crippen LogP contribution in [0.1, 0.15) is 192 Å². The van der Waals surface area contributed by atoms with Crippen LogP contribution in [-0.4, -0.2) is 199 Å². The number of benzene rings is 5. The number of aldehydes is 1. The molecular weight excluding hydrogens is 1840 g/mol. The van der Waals surface area contributed by atoms with Gasteiger partial charge in [-0.05, 0) is 238 Å². The van der Waals surface area contributed by atoms with Crippen molar-refractivity contribution in [1.29, 1.82) is 0 Å². The van der Waals surface area contributed by atoms with E-state index in [0.29, 0.717) is 70.9 Å². The van der Waals surface area contributed by atoms with Crippen LogP contribution >= 0.6 is 23.2 Å². The van der Waals surface area contributed by atoms with Gasteiger partial charge in [0.25, 0.3) is 0 Å². The van der Waals surface area contributed by atoms with Gasteiger partial charge in [-0.15, -0.1) is 33.4 Å². The van der Waals surface area contributed by atoms with Gasteiger partial charge in [-0.25, -0.2) is 46.9 Å². The number of carbonyl (C=O) groups is 2. The van der Waals surface area contributed by atoms with Gasteiger partial charge < -0.3 is 91.3 Å².